The zero-order chi connectivity index (χ0) is 13.0. The number of nitrogens with zero attached hydrogens (tertiary/aromatic N) is 2. The lowest BCUT2D eigenvalue weighted by Gasteiger charge is -2.20. The van der Waals surface area contributed by atoms with Crippen molar-refractivity contribution >= 4 is 11.9 Å². The number of carbonyl (C=O) groups excluding carboxylic acids is 1. The maximum Gasteiger partial charge on any atom is 0.354 e. The van der Waals surface area contributed by atoms with Gasteiger partial charge in [0.2, 0.25) is 0 Å². The van der Waals surface area contributed by atoms with Gasteiger partial charge in [0.05, 0.1) is 0 Å². The molecular formula is C13H16N2O3. The predicted molar refractivity (Wildman–Crippen MR) is 65.6 cm³/mol. The van der Waals surface area contributed by atoms with Crippen LogP contribution in [0.15, 0.2) is 18.3 Å². The van der Waals surface area contributed by atoms with Crippen LogP contribution in [0, 0.1) is 0 Å². The van der Waals surface area contributed by atoms with Crippen LogP contribution in [-0.2, 0) is 0 Å². The fourth-order valence-electron chi connectivity index (χ4n) is 2.14. The van der Waals surface area contributed by atoms with Crippen molar-refractivity contribution in [1.82, 2.24) is 9.88 Å². The molecule has 1 aliphatic rings. The third-order valence-corrected chi connectivity index (χ3v) is 3.12. The summed E-state index contributed by atoms with van der Waals surface area (Å²) in [5.74, 6) is -1.21. The molecule has 0 saturated carbocycles. The average molecular weight is 248 g/mol. The third kappa shape index (κ3) is 2.85. The van der Waals surface area contributed by atoms with E-state index in [1.807, 2.05) is 0 Å². The second kappa shape index (κ2) is 5.62. The first kappa shape index (κ1) is 12.5. The summed E-state index contributed by atoms with van der Waals surface area (Å²) in [6.07, 6.45) is 5.71. The molecule has 0 aromatic carbocycles. The second-order valence-corrected chi connectivity index (χ2v) is 4.44. The van der Waals surface area contributed by atoms with Gasteiger partial charge in [0.1, 0.15) is 5.69 Å². The van der Waals surface area contributed by atoms with Crippen LogP contribution >= 0.6 is 0 Å². The van der Waals surface area contributed by atoms with E-state index in [1.54, 1.807) is 11.0 Å². The number of carboxylic acid groups (broad SMARTS) is 1. The van der Waals surface area contributed by atoms with Crippen molar-refractivity contribution in [3.63, 3.8) is 0 Å². The Bertz CT molecular complexity index is 451. The lowest BCUT2D eigenvalue weighted by atomic mass is 10.2. The number of hydrogen-bond donors (Lipinski definition) is 1. The van der Waals surface area contributed by atoms with Crippen LogP contribution in [0.5, 0.6) is 0 Å². The summed E-state index contributed by atoms with van der Waals surface area (Å²) in [5, 5.41) is 8.86. The van der Waals surface area contributed by atoms with E-state index in [1.165, 1.54) is 12.3 Å². The Hall–Kier alpha value is -1.91. The Morgan fingerprint density at radius 3 is 2.44 bits per heavy atom. The molecule has 0 bridgehead atoms. The molecule has 2 heterocycles. The largest absolute Gasteiger partial charge is 0.477 e. The zero-order valence-corrected chi connectivity index (χ0v) is 10.1. The molecule has 1 amide bonds. The van der Waals surface area contributed by atoms with E-state index in [2.05, 4.69) is 4.98 Å². The fraction of sp³-hybridized carbons (Fsp3) is 0.462. The van der Waals surface area contributed by atoms with Crippen LogP contribution in [0.25, 0.3) is 0 Å². The van der Waals surface area contributed by atoms with Crippen molar-refractivity contribution in [2.24, 2.45) is 0 Å². The molecule has 0 unspecified atom stereocenters. The number of aromatic carboxylic acids is 1. The number of carbonyl (C=O) groups is 2. The average Bonchev–Trinajstić information content (AvgIpc) is 2.67. The van der Waals surface area contributed by atoms with Gasteiger partial charge in [-0.1, -0.05) is 12.8 Å². The van der Waals surface area contributed by atoms with Crippen molar-refractivity contribution in [2.45, 2.75) is 25.7 Å². The van der Waals surface area contributed by atoms with Crippen molar-refractivity contribution in [1.29, 1.82) is 0 Å². The van der Waals surface area contributed by atoms with Gasteiger partial charge in [-0.3, -0.25) is 4.79 Å². The monoisotopic (exact) mass is 248 g/mol. The van der Waals surface area contributed by atoms with Crippen molar-refractivity contribution in [3.8, 4) is 0 Å². The summed E-state index contributed by atoms with van der Waals surface area (Å²) in [6.45, 7) is 1.51. The summed E-state index contributed by atoms with van der Waals surface area (Å²) >= 11 is 0. The summed E-state index contributed by atoms with van der Waals surface area (Å²) < 4.78 is 0. The molecule has 1 aromatic heterocycles. The lowest BCUT2D eigenvalue weighted by molar-refractivity contribution is 0.0690. The van der Waals surface area contributed by atoms with Crippen LogP contribution in [-0.4, -0.2) is 40.0 Å². The van der Waals surface area contributed by atoms with Gasteiger partial charge in [-0.05, 0) is 25.0 Å². The number of hydrogen-bond acceptors (Lipinski definition) is 3. The number of carboxylic acids is 1. The Morgan fingerprint density at radius 2 is 1.83 bits per heavy atom. The summed E-state index contributed by atoms with van der Waals surface area (Å²) in [4.78, 5) is 28.6. The van der Waals surface area contributed by atoms with Gasteiger partial charge in [-0.2, -0.15) is 0 Å². The molecule has 0 spiro atoms. The first-order valence-corrected chi connectivity index (χ1v) is 6.17. The number of rotatable bonds is 2. The maximum absolute atomic E-state index is 12.2. The Balaban J connectivity index is 2.16. The minimum atomic E-state index is -1.11. The molecule has 5 nitrogen and oxygen atoms in total. The van der Waals surface area contributed by atoms with Gasteiger partial charge in [0.25, 0.3) is 5.91 Å². The van der Waals surface area contributed by atoms with Gasteiger partial charge >= 0.3 is 5.97 Å². The summed E-state index contributed by atoms with van der Waals surface area (Å²) in [5.41, 5.74) is 0.319. The Morgan fingerprint density at radius 1 is 1.17 bits per heavy atom. The highest BCUT2D eigenvalue weighted by Crippen LogP contribution is 2.13. The van der Waals surface area contributed by atoms with Crippen LogP contribution in [0.3, 0.4) is 0 Å². The molecule has 1 fully saturated rings. The molecular weight excluding hydrogens is 232 g/mol. The third-order valence-electron chi connectivity index (χ3n) is 3.12. The minimum absolute atomic E-state index is 0.0873. The second-order valence-electron chi connectivity index (χ2n) is 4.44. The van der Waals surface area contributed by atoms with Gasteiger partial charge in [0.15, 0.2) is 0 Å². The van der Waals surface area contributed by atoms with E-state index in [0.29, 0.717) is 5.56 Å². The maximum atomic E-state index is 12.2. The van der Waals surface area contributed by atoms with E-state index in [9.17, 15) is 9.59 Å². The first-order valence-electron chi connectivity index (χ1n) is 6.17. The summed E-state index contributed by atoms with van der Waals surface area (Å²) in [6, 6.07) is 2.91. The predicted octanol–water partition coefficient (Wildman–Crippen LogP) is 1.80. The highest BCUT2D eigenvalue weighted by atomic mass is 16.4. The minimum Gasteiger partial charge on any atom is -0.477 e. The number of aromatic nitrogens is 1. The molecule has 1 aromatic rings. The quantitative estimate of drug-likeness (QED) is 0.866. The topological polar surface area (TPSA) is 70.5 Å². The van der Waals surface area contributed by atoms with Crippen molar-refractivity contribution in [3.05, 3.63) is 29.6 Å². The van der Waals surface area contributed by atoms with E-state index >= 15 is 0 Å². The van der Waals surface area contributed by atoms with E-state index in [4.69, 9.17) is 5.11 Å². The number of pyridine rings is 1. The van der Waals surface area contributed by atoms with Crippen LogP contribution in [0.1, 0.15) is 46.5 Å². The molecule has 96 valence electrons. The van der Waals surface area contributed by atoms with Crippen LogP contribution in [0.2, 0.25) is 0 Å². The molecule has 1 N–H and O–H groups in total. The number of likely N-dealkylation sites (tertiary alicyclic amines) is 1. The van der Waals surface area contributed by atoms with Crippen molar-refractivity contribution < 1.29 is 14.7 Å². The fourth-order valence-corrected chi connectivity index (χ4v) is 2.14. The van der Waals surface area contributed by atoms with E-state index in [-0.39, 0.29) is 11.6 Å². The molecule has 2 rings (SSSR count). The van der Waals surface area contributed by atoms with Gasteiger partial charge in [-0.25, -0.2) is 9.78 Å². The molecule has 18 heavy (non-hydrogen) atoms. The Kier molecular flexibility index (Phi) is 3.92. The zero-order valence-electron chi connectivity index (χ0n) is 10.1. The molecule has 0 radical (unpaired) electrons. The molecule has 0 atom stereocenters. The van der Waals surface area contributed by atoms with E-state index < -0.39 is 5.97 Å². The molecule has 1 saturated heterocycles. The first-order chi connectivity index (χ1) is 8.68. The molecule has 5 heteroatoms. The van der Waals surface area contributed by atoms with Gasteiger partial charge < -0.3 is 10.0 Å². The standard InChI is InChI=1S/C13H16N2O3/c16-12(15-7-3-1-2-4-8-15)10-5-6-14-11(9-10)13(17)18/h5-6,9H,1-4,7-8H2,(H,17,18). The highest BCUT2D eigenvalue weighted by Gasteiger charge is 2.18. The normalized spacial score (nSPS) is 16.1. The van der Waals surface area contributed by atoms with E-state index in [0.717, 1.165) is 38.8 Å². The Labute approximate surface area is 105 Å². The SMILES string of the molecule is O=C(O)c1cc(C(=O)N2CCCCCC2)ccn1. The molecule has 0 aliphatic carbocycles. The molecule has 1 aliphatic heterocycles. The van der Waals surface area contributed by atoms with Crippen LogP contribution < -0.4 is 0 Å². The van der Waals surface area contributed by atoms with Gasteiger partial charge in [0, 0.05) is 24.8 Å². The van der Waals surface area contributed by atoms with Crippen LogP contribution in [0.4, 0.5) is 0 Å². The lowest BCUT2D eigenvalue weighted by Crippen LogP contribution is -2.32. The van der Waals surface area contributed by atoms with Gasteiger partial charge in [-0.15, -0.1) is 0 Å². The number of amides is 1. The smallest absolute Gasteiger partial charge is 0.354 e. The van der Waals surface area contributed by atoms with Crippen molar-refractivity contribution in [2.75, 3.05) is 13.1 Å². The highest BCUT2D eigenvalue weighted by molar-refractivity contribution is 5.96. The summed E-state index contributed by atoms with van der Waals surface area (Å²) in [7, 11) is 0.